The van der Waals surface area contributed by atoms with Crippen molar-refractivity contribution in [3.05, 3.63) is 59.7 Å². The third-order valence-corrected chi connectivity index (χ3v) is 3.59. The van der Waals surface area contributed by atoms with E-state index in [1.807, 2.05) is 31.3 Å². The Kier molecular flexibility index (Phi) is 4.68. The van der Waals surface area contributed by atoms with Crippen LogP contribution < -0.4 is 5.32 Å². The van der Waals surface area contributed by atoms with Gasteiger partial charge in [-0.3, -0.25) is 0 Å². The molecule has 0 bridgehead atoms. The zero-order chi connectivity index (χ0) is 15.5. The van der Waals surface area contributed by atoms with E-state index >= 15 is 0 Å². The van der Waals surface area contributed by atoms with Crippen molar-refractivity contribution in [3.8, 4) is 11.1 Å². The molecule has 0 spiro atoms. The fraction of sp³-hybridized carbons (Fsp3) is 0.294. The van der Waals surface area contributed by atoms with Crippen LogP contribution in [0.15, 0.2) is 48.5 Å². The summed E-state index contributed by atoms with van der Waals surface area (Å²) in [6, 6.07) is 13.3. The topological polar surface area (TPSA) is 12.0 Å². The SMILES string of the molecule is CCC(NC)c1ccc(-c2cccc(C(F)(F)F)c2)cc1. The number of hydrogen-bond acceptors (Lipinski definition) is 1. The lowest BCUT2D eigenvalue weighted by molar-refractivity contribution is -0.137. The molecule has 0 aromatic heterocycles. The van der Waals surface area contributed by atoms with E-state index in [-0.39, 0.29) is 6.04 Å². The molecule has 1 N–H and O–H groups in total. The molecule has 2 aromatic carbocycles. The van der Waals surface area contributed by atoms with Crippen molar-refractivity contribution < 1.29 is 13.2 Å². The summed E-state index contributed by atoms with van der Waals surface area (Å²) in [5.74, 6) is 0. The average Bonchev–Trinajstić information content (AvgIpc) is 2.48. The van der Waals surface area contributed by atoms with Gasteiger partial charge in [0.2, 0.25) is 0 Å². The van der Waals surface area contributed by atoms with Crippen LogP contribution in [0.2, 0.25) is 0 Å². The van der Waals surface area contributed by atoms with E-state index in [1.165, 1.54) is 12.1 Å². The van der Waals surface area contributed by atoms with E-state index in [9.17, 15) is 13.2 Å². The lowest BCUT2D eigenvalue weighted by Crippen LogP contribution is -2.14. The smallest absolute Gasteiger partial charge is 0.313 e. The van der Waals surface area contributed by atoms with Gasteiger partial charge in [0, 0.05) is 6.04 Å². The number of hydrogen-bond donors (Lipinski definition) is 1. The summed E-state index contributed by atoms with van der Waals surface area (Å²) in [6.45, 7) is 2.09. The molecule has 0 radical (unpaired) electrons. The quantitative estimate of drug-likeness (QED) is 0.832. The molecule has 112 valence electrons. The van der Waals surface area contributed by atoms with Gasteiger partial charge in [0.15, 0.2) is 0 Å². The molecule has 1 atom stereocenters. The van der Waals surface area contributed by atoms with Gasteiger partial charge in [-0.1, -0.05) is 43.3 Å². The van der Waals surface area contributed by atoms with Crippen LogP contribution in [0.4, 0.5) is 13.2 Å². The molecule has 0 aliphatic heterocycles. The molecule has 0 saturated heterocycles. The Bertz CT molecular complexity index is 584. The maximum atomic E-state index is 12.7. The summed E-state index contributed by atoms with van der Waals surface area (Å²) >= 11 is 0. The van der Waals surface area contributed by atoms with Gasteiger partial charge in [-0.15, -0.1) is 0 Å². The number of halogens is 3. The van der Waals surface area contributed by atoms with Gasteiger partial charge in [-0.05, 0) is 42.3 Å². The zero-order valence-corrected chi connectivity index (χ0v) is 12.0. The Labute approximate surface area is 122 Å². The fourth-order valence-corrected chi connectivity index (χ4v) is 2.39. The Balaban J connectivity index is 2.31. The van der Waals surface area contributed by atoms with Crippen LogP contribution in [0.25, 0.3) is 11.1 Å². The Morgan fingerprint density at radius 1 is 1.00 bits per heavy atom. The lowest BCUT2D eigenvalue weighted by atomic mass is 9.98. The molecule has 0 aliphatic carbocycles. The summed E-state index contributed by atoms with van der Waals surface area (Å²) in [7, 11) is 1.90. The van der Waals surface area contributed by atoms with Gasteiger partial charge in [-0.25, -0.2) is 0 Å². The van der Waals surface area contributed by atoms with Crippen molar-refractivity contribution in [2.45, 2.75) is 25.6 Å². The molecule has 1 nitrogen and oxygen atoms in total. The number of alkyl halides is 3. The molecular weight excluding hydrogens is 275 g/mol. The molecule has 1 unspecified atom stereocenters. The number of benzene rings is 2. The number of nitrogens with one attached hydrogen (secondary N) is 1. The number of rotatable bonds is 4. The van der Waals surface area contributed by atoms with E-state index in [0.29, 0.717) is 5.56 Å². The molecule has 2 rings (SSSR count). The first kappa shape index (κ1) is 15.6. The molecule has 0 aliphatic rings. The molecule has 0 amide bonds. The first-order chi connectivity index (χ1) is 9.95. The molecule has 2 aromatic rings. The van der Waals surface area contributed by atoms with Gasteiger partial charge in [0.05, 0.1) is 5.56 Å². The summed E-state index contributed by atoms with van der Waals surface area (Å²) < 4.78 is 38.2. The average molecular weight is 293 g/mol. The summed E-state index contributed by atoms with van der Waals surface area (Å²) in [5, 5.41) is 3.21. The predicted octanol–water partition coefficient (Wildman–Crippen LogP) is 5.04. The van der Waals surface area contributed by atoms with Crippen molar-refractivity contribution in [1.29, 1.82) is 0 Å². The molecule has 0 fully saturated rings. The highest BCUT2D eigenvalue weighted by Gasteiger charge is 2.30. The van der Waals surface area contributed by atoms with E-state index in [2.05, 4.69) is 12.2 Å². The summed E-state index contributed by atoms with van der Waals surface area (Å²) in [4.78, 5) is 0. The molecule has 0 heterocycles. The molecule has 21 heavy (non-hydrogen) atoms. The van der Waals surface area contributed by atoms with Crippen LogP contribution in [-0.2, 0) is 6.18 Å². The highest BCUT2D eigenvalue weighted by Crippen LogP contribution is 2.32. The maximum Gasteiger partial charge on any atom is 0.416 e. The van der Waals surface area contributed by atoms with Crippen LogP contribution in [-0.4, -0.2) is 7.05 Å². The first-order valence-electron chi connectivity index (χ1n) is 6.90. The van der Waals surface area contributed by atoms with Crippen molar-refractivity contribution in [2.75, 3.05) is 7.05 Å². The fourth-order valence-electron chi connectivity index (χ4n) is 2.39. The maximum absolute atomic E-state index is 12.7. The molecule has 0 saturated carbocycles. The van der Waals surface area contributed by atoms with Crippen LogP contribution in [0, 0.1) is 0 Å². The van der Waals surface area contributed by atoms with Gasteiger partial charge in [0.25, 0.3) is 0 Å². The van der Waals surface area contributed by atoms with Crippen LogP contribution in [0.1, 0.15) is 30.5 Å². The second-order valence-corrected chi connectivity index (χ2v) is 4.95. The Morgan fingerprint density at radius 2 is 1.67 bits per heavy atom. The lowest BCUT2D eigenvalue weighted by Gasteiger charge is -2.15. The van der Waals surface area contributed by atoms with Crippen molar-refractivity contribution >= 4 is 0 Å². The van der Waals surface area contributed by atoms with E-state index in [0.717, 1.165) is 23.6 Å². The highest BCUT2D eigenvalue weighted by molar-refractivity contribution is 5.64. The van der Waals surface area contributed by atoms with Crippen molar-refractivity contribution in [1.82, 2.24) is 5.32 Å². The Morgan fingerprint density at radius 3 is 2.19 bits per heavy atom. The van der Waals surface area contributed by atoms with Gasteiger partial charge < -0.3 is 5.32 Å². The predicted molar refractivity (Wildman–Crippen MR) is 79.0 cm³/mol. The minimum atomic E-state index is -4.31. The molecular formula is C17H18F3N. The van der Waals surface area contributed by atoms with E-state index < -0.39 is 11.7 Å². The second-order valence-electron chi connectivity index (χ2n) is 4.95. The molecule has 4 heteroatoms. The summed E-state index contributed by atoms with van der Waals surface area (Å²) in [5.41, 5.74) is 1.88. The Hall–Kier alpha value is -1.81. The minimum absolute atomic E-state index is 0.264. The van der Waals surface area contributed by atoms with Gasteiger partial charge >= 0.3 is 6.18 Å². The zero-order valence-electron chi connectivity index (χ0n) is 12.0. The largest absolute Gasteiger partial charge is 0.416 e. The summed E-state index contributed by atoms with van der Waals surface area (Å²) in [6.07, 6.45) is -3.35. The van der Waals surface area contributed by atoms with Crippen LogP contribution in [0.3, 0.4) is 0 Å². The van der Waals surface area contributed by atoms with Gasteiger partial charge in [0.1, 0.15) is 0 Å². The normalized spacial score (nSPS) is 13.2. The monoisotopic (exact) mass is 293 g/mol. The first-order valence-corrected chi connectivity index (χ1v) is 6.90. The highest BCUT2D eigenvalue weighted by atomic mass is 19.4. The van der Waals surface area contributed by atoms with Crippen molar-refractivity contribution in [2.24, 2.45) is 0 Å². The van der Waals surface area contributed by atoms with Crippen LogP contribution in [0.5, 0.6) is 0 Å². The standard InChI is InChI=1S/C17H18F3N/c1-3-16(21-2)13-9-7-12(8-10-13)14-5-4-6-15(11-14)17(18,19)20/h4-11,16,21H,3H2,1-2H3. The second kappa shape index (κ2) is 6.31. The third-order valence-electron chi connectivity index (χ3n) is 3.59. The van der Waals surface area contributed by atoms with E-state index in [4.69, 9.17) is 0 Å². The van der Waals surface area contributed by atoms with E-state index in [1.54, 1.807) is 6.07 Å². The van der Waals surface area contributed by atoms with Gasteiger partial charge in [-0.2, -0.15) is 13.2 Å². The van der Waals surface area contributed by atoms with Crippen LogP contribution >= 0.6 is 0 Å². The third kappa shape index (κ3) is 3.64. The van der Waals surface area contributed by atoms with Crippen molar-refractivity contribution in [3.63, 3.8) is 0 Å². The minimum Gasteiger partial charge on any atom is -0.313 e.